The molecule has 1 saturated heterocycles. The van der Waals surface area contributed by atoms with Gasteiger partial charge in [0.15, 0.2) is 5.82 Å². The first-order valence-corrected chi connectivity index (χ1v) is 9.41. The number of hydrogen-bond acceptors (Lipinski definition) is 6. The molecule has 7 nitrogen and oxygen atoms in total. The number of fused-ring (bicyclic) bond motifs is 1. The summed E-state index contributed by atoms with van der Waals surface area (Å²) in [6.45, 7) is 6.85. The molecule has 4 rings (SSSR count). The molecule has 140 valence electrons. The number of aryl methyl sites for hydroxylation is 2. The minimum absolute atomic E-state index is 0.286. The van der Waals surface area contributed by atoms with E-state index >= 15 is 0 Å². The average Bonchev–Trinajstić information content (AvgIpc) is 3.04. The van der Waals surface area contributed by atoms with Crippen molar-refractivity contribution in [1.29, 1.82) is 0 Å². The molecule has 0 amide bonds. The van der Waals surface area contributed by atoms with Gasteiger partial charge in [-0.15, -0.1) is 5.10 Å². The molecular formula is C19H27N5O2. The van der Waals surface area contributed by atoms with Crippen LogP contribution in [0.4, 0.5) is 5.82 Å². The fraction of sp³-hybridized carbons (Fsp3) is 0.632. The Labute approximate surface area is 154 Å². The Morgan fingerprint density at radius 2 is 2.04 bits per heavy atom. The van der Waals surface area contributed by atoms with Gasteiger partial charge in [0.2, 0.25) is 0 Å². The maximum atomic E-state index is 6.14. The van der Waals surface area contributed by atoms with Crippen molar-refractivity contribution in [2.75, 3.05) is 37.9 Å². The zero-order valence-electron chi connectivity index (χ0n) is 15.6. The van der Waals surface area contributed by atoms with E-state index in [1.165, 1.54) is 5.69 Å². The molecule has 0 aromatic carbocycles. The van der Waals surface area contributed by atoms with Crippen molar-refractivity contribution in [2.45, 2.75) is 32.2 Å². The van der Waals surface area contributed by atoms with Crippen LogP contribution in [0, 0.1) is 12.8 Å². The van der Waals surface area contributed by atoms with Crippen molar-refractivity contribution in [3.05, 3.63) is 35.5 Å². The number of nitrogens with zero attached hydrogens (tertiary/aromatic N) is 5. The van der Waals surface area contributed by atoms with E-state index in [9.17, 15) is 0 Å². The normalized spacial score (nSPS) is 21.0. The van der Waals surface area contributed by atoms with E-state index in [-0.39, 0.29) is 5.92 Å². The molecule has 0 radical (unpaired) electrons. The minimum Gasteiger partial charge on any atom is -0.381 e. The van der Waals surface area contributed by atoms with Crippen LogP contribution < -0.4 is 4.90 Å². The Hall–Kier alpha value is -1.99. The molecule has 7 heteroatoms. The van der Waals surface area contributed by atoms with Gasteiger partial charge in [-0.1, -0.05) is 0 Å². The highest BCUT2D eigenvalue weighted by atomic mass is 16.5. The standard InChI is InChI=1S/C19H27N5O2/c1-14-3-4-18(22-21-14)24-9-16(19-17(10-24)20-13-23(19)2)12-26-11-15-5-7-25-8-6-15/h3-4,13,15-16H,5-12H2,1-2H3. The molecule has 2 aromatic heterocycles. The molecule has 2 aliphatic heterocycles. The number of rotatable bonds is 5. The Morgan fingerprint density at radius 3 is 2.81 bits per heavy atom. The second kappa shape index (κ2) is 7.72. The van der Waals surface area contributed by atoms with Gasteiger partial charge in [-0.25, -0.2) is 4.98 Å². The van der Waals surface area contributed by atoms with Gasteiger partial charge in [-0.05, 0) is 37.8 Å². The van der Waals surface area contributed by atoms with Gasteiger partial charge in [-0.3, -0.25) is 0 Å². The molecule has 2 aromatic rings. The quantitative estimate of drug-likeness (QED) is 0.816. The highest BCUT2D eigenvalue weighted by molar-refractivity contribution is 5.42. The van der Waals surface area contributed by atoms with Crippen LogP contribution in [0.25, 0.3) is 0 Å². The predicted octanol–water partition coefficient (Wildman–Crippen LogP) is 2.07. The fourth-order valence-electron chi connectivity index (χ4n) is 3.89. The van der Waals surface area contributed by atoms with Crippen LogP contribution in [-0.4, -0.2) is 52.7 Å². The molecule has 1 unspecified atom stereocenters. The van der Waals surface area contributed by atoms with Gasteiger partial charge >= 0.3 is 0 Å². The summed E-state index contributed by atoms with van der Waals surface area (Å²) in [6, 6.07) is 4.04. The lowest BCUT2D eigenvalue weighted by atomic mass is 9.98. The second-order valence-electron chi connectivity index (χ2n) is 7.39. The molecule has 0 saturated carbocycles. The first-order valence-electron chi connectivity index (χ1n) is 9.41. The molecule has 0 bridgehead atoms. The fourth-order valence-corrected chi connectivity index (χ4v) is 3.89. The maximum absolute atomic E-state index is 6.14. The van der Waals surface area contributed by atoms with E-state index in [4.69, 9.17) is 9.47 Å². The zero-order valence-corrected chi connectivity index (χ0v) is 15.6. The number of hydrogen-bond donors (Lipinski definition) is 0. The molecule has 0 N–H and O–H groups in total. The largest absolute Gasteiger partial charge is 0.381 e. The van der Waals surface area contributed by atoms with Crippen molar-refractivity contribution in [3.63, 3.8) is 0 Å². The minimum atomic E-state index is 0.286. The molecular weight excluding hydrogens is 330 g/mol. The summed E-state index contributed by atoms with van der Waals surface area (Å²) in [6.07, 6.45) is 4.11. The summed E-state index contributed by atoms with van der Waals surface area (Å²) in [5.41, 5.74) is 3.33. The predicted molar refractivity (Wildman–Crippen MR) is 98.1 cm³/mol. The Bertz CT molecular complexity index is 724. The van der Waals surface area contributed by atoms with Gasteiger partial charge in [0.1, 0.15) is 0 Å². The monoisotopic (exact) mass is 357 g/mol. The van der Waals surface area contributed by atoms with Gasteiger partial charge in [0, 0.05) is 45.0 Å². The third-order valence-electron chi connectivity index (χ3n) is 5.35. The topological polar surface area (TPSA) is 65.3 Å². The number of ether oxygens (including phenoxy) is 2. The first-order chi connectivity index (χ1) is 12.7. The van der Waals surface area contributed by atoms with Crippen molar-refractivity contribution in [2.24, 2.45) is 13.0 Å². The van der Waals surface area contributed by atoms with Gasteiger partial charge in [-0.2, -0.15) is 5.10 Å². The third kappa shape index (κ3) is 3.73. The van der Waals surface area contributed by atoms with Gasteiger partial charge in [0.05, 0.1) is 30.9 Å². The Balaban J connectivity index is 1.45. The molecule has 0 spiro atoms. The summed E-state index contributed by atoms with van der Waals surface area (Å²) in [4.78, 5) is 6.85. The molecule has 1 atom stereocenters. The van der Waals surface area contributed by atoms with Crippen molar-refractivity contribution in [1.82, 2.24) is 19.7 Å². The van der Waals surface area contributed by atoms with Crippen LogP contribution in [0.5, 0.6) is 0 Å². The lowest BCUT2D eigenvalue weighted by Crippen LogP contribution is -2.37. The molecule has 0 aliphatic carbocycles. The van der Waals surface area contributed by atoms with Crippen molar-refractivity contribution in [3.8, 4) is 0 Å². The Kier molecular flexibility index (Phi) is 5.17. The second-order valence-corrected chi connectivity index (χ2v) is 7.39. The summed E-state index contributed by atoms with van der Waals surface area (Å²) in [7, 11) is 2.07. The van der Waals surface area contributed by atoms with Crippen LogP contribution in [0.1, 0.15) is 35.8 Å². The van der Waals surface area contributed by atoms with Gasteiger partial charge < -0.3 is 18.9 Å². The third-order valence-corrected chi connectivity index (χ3v) is 5.35. The van der Waals surface area contributed by atoms with Gasteiger partial charge in [0.25, 0.3) is 0 Å². The van der Waals surface area contributed by atoms with E-state index in [0.717, 1.165) is 63.0 Å². The summed E-state index contributed by atoms with van der Waals surface area (Å²) >= 11 is 0. The van der Waals surface area contributed by atoms with E-state index in [0.29, 0.717) is 12.5 Å². The van der Waals surface area contributed by atoms with E-state index in [2.05, 4.69) is 31.7 Å². The highest BCUT2D eigenvalue weighted by Gasteiger charge is 2.30. The summed E-state index contributed by atoms with van der Waals surface area (Å²) < 4.78 is 13.7. The Morgan fingerprint density at radius 1 is 1.19 bits per heavy atom. The van der Waals surface area contributed by atoms with Crippen LogP contribution in [0.15, 0.2) is 18.5 Å². The zero-order chi connectivity index (χ0) is 17.9. The summed E-state index contributed by atoms with van der Waals surface area (Å²) in [5, 5.41) is 8.56. The van der Waals surface area contributed by atoms with Crippen molar-refractivity contribution >= 4 is 5.82 Å². The SMILES string of the molecule is Cc1ccc(N2Cc3ncn(C)c3C(COCC3CCOCC3)C2)nn1. The number of anilines is 1. The van der Waals surface area contributed by atoms with E-state index < -0.39 is 0 Å². The molecule has 2 aliphatic rings. The molecule has 1 fully saturated rings. The van der Waals surface area contributed by atoms with Crippen LogP contribution >= 0.6 is 0 Å². The van der Waals surface area contributed by atoms with E-state index in [1.54, 1.807) is 0 Å². The first kappa shape index (κ1) is 17.4. The molecule has 26 heavy (non-hydrogen) atoms. The van der Waals surface area contributed by atoms with Crippen LogP contribution in [0.2, 0.25) is 0 Å². The smallest absolute Gasteiger partial charge is 0.151 e. The lowest BCUT2D eigenvalue weighted by molar-refractivity contribution is 0.0168. The summed E-state index contributed by atoms with van der Waals surface area (Å²) in [5.74, 6) is 1.81. The lowest BCUT2D eigenvalue weighted by Gasteiger charge is -2.33. The average molecular weight is 357 g/mol. The van der Waals surface area contributed by atoms with Crippen LogP contribution in [-0.2, 0) is 23.1 Å². The van der Waals surface area contributed by atoms with Crippen molar-refractivity contribution < 1.29 is 9.47 Å². The van der Waals surface area contributed by atoms with E-state index in [1.807, 2.05) is 25.4 Å². The maximum Gasteiger partial charge on any atom is 0.151 e. The number of aromatic nitrogens is 4. The van der Waals surface area contributed by atoms with Crippen LogP contribution in [0.3, 0.4) is 0 Å². The highest BCUT2D eigenvalue weighted by Crippen LogP contribution is 2.30. The number of imidazole rings is 1. The molecule has 4 heterocycles.